The van der Waals surface area contributed by atoms with Crippen LogP contribution in [0.2, 0.25) is 0 Å². The minimum Gasteiger partial charge on any atom is -0.488 e. The van der Waals surface area contributed by atoms with Gasteiger partial charge in [-0.25, -0.2) is 0 Å². The van der Waals surface area contributed by atoms with E-state index in [4.69, 9.17) is 4.74 Å². The molecule has 2 rings (SSSR count). The number of nitrogens with zero attached hydrogens (tertiary/aromatic N) is 1. The van der Waals surface area contributed by atoms with Crippen molar-refractivity contribution < 1.29 is 9.53 Å². The second-order valence-electron chi connectivity index (χ2n) is 6.26. The summed E-state index contributed by atoms with van der Waals surface area (Å²) in [5.41, 5.74) is 2.76. The number of benzene rings is 1. The lowest BCUT2D eigenvalue weighted by Crippen LogP contribution is -2.32. The smallest absolute Gasteiger partial charge is 0.293 e. The van der Waals surface area contributed by atoms with E-state index in [2.05, 4.69) is 19.2 Å². The highest BCUT2D eigenvalue weighted by Gasteiger charge is 2.19. The molecule has 0 bridgehead atoms. The maximum absolute atomic E-state index is 12.8. The van der Waals surface area contributed by atoms with Crippen LogP contribution < -0.4 is 15.6 Å². The average Bonchev–Trinajstić information content (AvgIpc) is 2.66. The summed E-state index contributed by atoms with van der Waals surface area (Å²) in [6.45, 7) is 8.30. The van der Waals surface area contributed by atoms with Crippen LogP contribution in [0.5, 0.6) is 5.75 Å². The Morgan fingerprint density at radius 3 is 2.35 bits per heavy atom. The zero-order valence-corrected chi connectivity index (χ0v) is 16.0. The number of aromatic nitrogens is 1. The van der Waals surface area contributed by atoms with Crippen molar-refractivity contribution in [3.05, 3.63) is 58.0 Å². The number of ether oxygens (including phenoxy) is 1. The van der Waals surface area contributed by atoms with Gasteiger partial charge in [0, 0.05) is 11.9 Å². The molecular formula is C21H28N2O3. The Morgan fingerprint density at radius 2 is 1.77 bits per heavy atom. The first-order valence-electron chi connectivity index (χ1n) is 9.28. The SMILES string of the molecule is CCCOc1cccn(C(C)C(=O)Nc2c(CC)cccc2CC)c1=O. The molecule has 2 aromatic rings. The number of rotatable bonds is 8. The molecular weight excluding hydrogens is 328 g/mol. The van der Waals surface area contributed by atoms with Crippen molar-refractivity contribution in [2.75, 3.05) is 11.9 Å². The molecule has 140 valence electrons. The Morgan fingerprint density at radius 1 is 1.12 bits per heavy atom. The lowest BCUT2D eigenvalue weighted by atomic mass is 10.0. The van der Waals surface area contributed by atoms with Gasteiger partial charge in [0.15, 0.2) is 5.75 Å². The number of hydrogen-bond donors (Lipinski definition) is 1. The number of carbonyl (C=O) groups excluding carboxylic acids is 1. The van der Waals surface area contributed by atoms with Crippen LogP contribution in [0.4, 0.5) is 5.69 Å². The first kappa shape index (κ1) is 19.8. The summed E-state index contributed by atoms with van der Waals surface area (Å²) in [6.07, 6.45) is 4.10. The molecule has 5 nitrogen and oxygen atoms in total. The van der Waals surface area contributed by atoms with E-state index in [1.807, 2.05) is 25.1 Å². The van der Waals surface area contributed by atoms with E-state index in [-0.39, 0.29) is 17.2 Å². The molecule has 1 N–H and O–H groups in total. The van der Waals surface area contributed by atoms with Gasteiger partial charge in [0.2, 0.25) is 5.91 Å². The number of pyridine rings is 1. The highest BCUT2D eigenvalue weighted by atomic mass is 16.5. The minimum atomic E-state index is -0.637. The molecule has 1 amide bonds. The third-order valence-electron chi connectivity index (χ3n) is 4.44. The number of para-hydroxylation sites is 1. The van der Waals surface area contributed by atoms with Crippen molar-refractivity contribution in [3.63, 3.8) is 0 Å². The summed E-state index contributed by atoms with van der Waals surface area (Å²) < 4.78 is 6.90. The molecule has 1 atom stereocenters. The molecule has 0 fully saturated rings. The monoisotopic (exact) mass is 356 g/mol. The fourth-order valence-electron chi connectivity index (χ4n) is 2.87. The third kappa shape index (κ3) is 4.34. The van der Waals surface area contributed by atoms with Gasteiger partial charge in [-0.1, -0.05) is 39.0 Å². The Hall–Kier alpha value is -2.56. The number of anilines is 1. The van der Waals surface area contributed by atoms with Gasteiger partial charge in [0.05, 0.1) is 6.61 Å². The van der Waals surface area contributed by atoms with E-state index in [1.54, 1.807) is 25.3 Å². The largest absolute Gasteiger partial charge is 0.488 e. The maximum Gasteiger partial charge on any atom is 0.293 e. The molecule has 5 heteroatoms. The van der Waals surface area contributed by atoms with Crippen molar-refractivity contribution in [1.29, 1.82) is 0 Å². The van der Waals surface area contributed by atoms with Crippen molar-refractivity contribution in [2.45, 2.75) is 53.0 Å². The number of amides is 1. The number of carbonyl (C=O) groups is 1. The van der Waals surface area contributed by atoms with Crippen LogP contribution in [-0.4, -0.2) is 17.1 Å². The highest BCUT2D eigenvalue weighted by Crippen LogP contribution is 2.23. The number of hydrogen-bond acceptors (Lipinski definition) is 3. The van der Waals surface area contributed by atoms with Gasteiger partial charge in [-0.05, 0) is 49.4 Å². The molecule has 0 saturated heterocycles. The summed E-state index contributed by atoms with van der Waals surface area (Å²) in [7, 11) is 0. The second-order valence-corrected chi connectivity index (χ2v) is 6.26. The normalized spacial score (nSPS) is 11.8. The molecule has 1 heterocycles. The first-order valence-corrected chi connectivity index (χ1v) is 9.28. The Labute approximate surface area is 155 Å². The van der Waals surface area contributed by atoms with Gasteiger partial charge in [-0.3, -0.25) is 9.59 Å². The molecule has 0 radical (unpaired) electrons. The summed E-state index contributed by atoms with van der Waals surface area (Å²) in [6, 6.07) is 8.78. The predicted molar refractivity (Wildman–Crippen MR) is 105 cm³/mol. The number of aryl methyl sites for hydroxylation is 2. The fraction of sp³-hybridized carbons (Fsp3) is 0.429. The van der Waals surface area contributed by atoms with Crippen LogP contribution in [0.3, 0.4) is 0 Å². The summed E-state index contributed by atoms with van der Waals surface area (Å²) in [5.74, 6) is 0.0625. The Balaban J connectivity index is 2.28. The van der Waals surface area contributed by atoms with Crippen LogP contribution in [0.1, 0.15) is 51.3 Å². The lowest BCUT2D eigenvalue weighted by Gasteiger charge is -2.19. The van der Waals surface area contributed by atoms with Crippen LogP contribution >= 0.6 is 0 Å². The predicted octanol–water partition coefficient (Wildman–Crippen LogP) is 3.96. The first-order chi connectivity index (χ1) is 12.5. The van der Waals surface area contributed by atoms with Gasteiger partial charge < -0.3 is 14.6 Å². The summed E-state index contributed by atoms with van der Waals surface area (Å²) in [4.78, 5) is 25.4. The zero-order valence-electron chi connectivity index (χ0n) is 16.0. The van der Waals surface area contributed by atoms with E-state index >= 15 is 0 Å². The third-order valence-corrected chi connectivity index (χ3v) is 4.44. The molecule has 26 heavy (non-hydrogen) atoms. The minimum absolute atomic E-state index is 0.213. The molecule has 1 aromatic heterocycles. The van der Waals surface area contributed by atoms with Gasteiger partial charge >= 0.3 is 0 Å². The topological polar surface area (TPSA) is 60.3 Å². The fourth-order valence-corrected chi connectivity index (χ4v) is 2.87. The summed E-state index contributed by atoms with van der Waals surface area (Å²) in [5, 5.41) is 3.03. The second kappa shape index (κ2) is 9.22. The van der Waals surface area contributed by atoms with Crippen LogP contribution in [0.15, 0.2) is 41.3 Å². The van der Waals surface area contributed by atoms with Crippen LogP contribution in [0, 0.1) is 0 Å². The Bertz CT molecular complexity index is 789. The molecule has 0 aliphatic carbocycles. The van der Waals surface area contributed by atoms with Gasteiger partial charge in [0.1, 0.15) is 6.04 Å². The van der Waals surface area contributed by atoms with E-state index < -0.39 is 6.04 Å². The van der Waals surface area contributed by atoms with Gasteiger partial charge in [-0.15, -0.1) is 0 Å². The standard InChI is InChI=1S/C21H28N2O3/c1-5-14-26-18-12-9-13-23(21(18)25)15(4)20(24)22-19-16(6-2)10-8-11-17(19)7-3/h8-13,15H,5-7,14H2,1-4H3,(H,22,24). The summed E-state index contributed by atoms with van der Waals surface area (Å²) >= 11 is 0. The maximum atomic E-state index is 12.8. The van der Waals surface area contributed by atoms with E-state index in [0.29, 0.717) is 6.61 Å². The van der Waals surface area contributed by atoms with E-state index in [0.717, 1.165) is 36.1 Å². The molecule has 1 unspecified atom stereocenters. The zero-order chi connectivity index (χ0) is 19.1. The van der Waals surface area contributed by atoms with Crippen LogP contribution in [0.25, 0.3) is 0 Å². The van der Waals surface area contributed by atoms with Crippen molar-refractivity contribution in [3.8, 4) is 5.75 Å². The van der Waals surface area contributed by atoms with Gasteiger partial charge in [0.25, 0.3) is 5.56 Å². The van der Waals surface area contributed by atoms with Gasteiger partial charge in [-0.2, -0.15) is 0 Å². The van der Waals surface area contributed by atoms with Crippen molar-refractivity contribution >= 4 is 11.6 Å². The Kier molecular flexibility index (Phi) is 7.01. The highest BCUT2D eigenvalue weighted by molar-refractivity contribution is 5.95. The molecule has 1 aromatic carbocycles. The van der Waals surface area contributed by atoms with E-state index in [9.17, 15) is 9.59 Å². The van der Waals surface area contributed by atoms with E-state index in [1.165, 1.54) is 4.57 Å². The molecule has 0 spiro atoms. The van der Waals surface area contributed by atoms with Crippen molar-refractivity contribution in [2.24, 2.45) is 0 Å². The van der Waals surface area contributed by atoms with Crippen LogP contribution in [-0.2, 0) is 17.6 Å². The molecule has 0 aliphatic rings. The quantitative estimate of drug-likeness (QED) is 0.779. The number of nitrogens with one attached hydrogen (secondary N) is 1. The molecule has 0 saturated carbocycles. The average molecular weight is 356 g/mol. The molecule has 0 aliphatic heterocycles. The van der Waals surface area contributed by atoms with Crippen molar-refractivity contribution in [1.82, 2.24) is 4.57 Å². The lowest BCUT2D eigenvalue weighted by molar-refractivity contribution is -0.118.